The summed E-state index contributed by atoms with van der Waals surface area (Å²) in [6, 6.07) is 0. The van der Waals surface area contributed by atoms with Gasteiger partial charge in [0, 0.05) is 19.4 Å². The fourth-order valence-electron chi connectivity index (χ4n) is 1.07. The van der Waals surface area contributed by atoms with Gasteiger partial charge < -0.3 is 10.0 Å². The van der Waals surface area contributed by atoms with Crippen LogP contribution >= 0.6 is 0 Å². The van der Waals surface area contributed by atoms with Crippen molar-refractivity contribution < 1.29 is 9.90 Å². The van der Waals surface area contributed by atoms with Gasteiger partial charge in [0.1, 0.15) is 6.23 Å². The van der Waals surface area contributed by atoms with E-state index in [1.807, 2.05) is 6.92 Å². The summed E-state index contributed by atoms with van der Waals surface area (Å²) in [5, 5.41) is 9.04. The average molecular weight is 129 g/mol. The summed E-state index contributed by atoms with van der Waals surface area (Å²) in [6.45, 7) is 1.83. The van der Waals surface area contributed by atoms with Gasteiger partial charge in [0.2, 0.25) is 5.91 Å². The first kappa shape index (κ1) is 6.55. The number of rotatable bonds is 0. The molecule has 1 saturated heterocycles. The molecule has 3 heteroatoms. The molecule has 1 amide bonds. The lowest BCUT2D eigenvalue weighted by atomic mass is 10.1. The third-order valence-corrected chi connectivity index (χ3v) is 1.78. The van der Waals surface area contributed by atoms with Crippen LogP contribution in [0.5, 0.6) is 0 Å². The van der Waals surface area contributed by atoms with E-state index < -0.39 is 6.23 Å². The van der Waals surface area contributed by atoms with Crippen LogP contribution in [-0.4, -0.2) is 29.2 Å². The van der Waals surface area contributed by atoms with Crippen molar-refractivity contribution in [3.05, 3.63) is 0 Å². The third kappa shape index (κ3) is 0.920. The van der Waals surface area contributed by atoms with E-state index in [9.17, 15) is 4.79 Å². The second kappa shape index (κ2) is 1.99. The summed E-state index contributed by atoms with van der Waals surface area (Å²) in [7, 11) is 1.62. The fourth-order valence-corrected chi connectivity index (χ4v) is 1.07. The van der Waals surface area contributed by atoms with Crippen molar-refractivity contribution in [2.45, 2.75) is 19.6 Å². The molecule has 0 aromatic rings. The summed E-state index contributed by atoms with van der Waals surface area (Å²) >= 11 is 0. The Hall–Kier alpha value is -0.570. The van der Waals surface area contributed by atoms with Crippen molar-refractivity contribution in [3.63, 3.8) is 0 Å². The predicted octanol–water partition coefficient (Wildman–Crippen LogP) is -0.197. The molecule has 0 saturated carbocycles. The zero-order valence-corrected chi connectivity index (χ0v) is 5.66. The molecule has 0 bridgehead atoms. The van der Waals surface area contributed by atoms with Gasteiger partial charge in [0.05, 0.1) is 0 Å². The number of amides is 1. The molecule has 0 spiro atoms. The first-order chi connectivity index (χ1) is 4.13. The van der Waals surface area contributed by atoms with Crippen LogP contribution in [-0.2, 0) is 4.79 Å². The maximum Gasteiger partial charge on any atom is 0.227 e. The zero-order valence-electron chi connectivity index (χ0n) is 5.66. The van der Waals surface area contributed by atoms with Gasteiger partial charge in [-0.3, -0.25) is 4.79 Å². The Bertz CT molecular complexity index is 135. The number of hydrogen-bond donors (Lipinski definition) is 1. The van der Waals surface area contributed by atoms with Gasteiger partial charge in [-0.15, -0.1) is 0 Å². The Labute approximate surface area is 54.3 Å². The van der Waals surface area contributed by atoms with Crippen molar-refractivity contribution in [1.29, 1.82) is 0 Å². The second-order valence-electron chi connectivity index (χ2n) is 2.57. The molecular weight excluding hydrogens is 118 g/mol. The Kier molecular flexibility index (Phi) is 1.45. The number of nitrogens with zero attached hydrogens (tertiary/aromatic N) is 1. The lowest BCUT2D eigenvalue weighted by Gasteiger charge is -2.12. The van der Waals surface area contributed by atoms with E-state index in [0.717, 1.165) is 0 Å². The highest BCUT2D eigenvalue weighted by Crippen LogP contribution is 2.19. The van der Waals surface area contributed by atoms with Crippen molar-refractivity contribution in [2.75, 3.05) is 7.05 Å². The molecule has 3 nitrogen and oxygen atoms in total. The van der Waals surface area contributed by atoms with Crippen LogP contribution in [0.15, 0.2) is 0 Å². The largest absolute Gasteiger partial charge is 0.374 e. The van der Waals surface area contributed by atoms with Crippen molar-refractivity contribution in [3.8, 4) is 0 Å². The molecule has 52 valence electrons. The first-order valence-corrected chi connectivity index (χ1v) is 3.07. The Balaban J connectivity index is 2.65. The number of aliphatic hydroxyl groups is 1. The molecule has 0 aromatic carbocycles. The van der Waals surface area contributed by atoms with Crippen molar-refractivity contribution >= 4 is 5.91 Å². The molecule has 1 N–H and O–H groups in total. The Morgan fingerprint density at radius 3 is 2.44 bits per heavy atom. The molecule has 9 heavy (non-hydrogen) atoms. The fraction of sp³-hybridized carbons (Fsp3) is 0.833. The van der Waals surface area contributed by atoms with Crippen LogP contribution < -0.4 is 0 Å². The minimum atomic E-state index is -0.549. The molecule has 1 aliphatic rings. The summed E-state index contributed by atoms with van der Waals surface area (Å²) in [5.41, 5.74) is 0. The molecule has 1 rings (SSSR count). The van der Waals surface area contributed by atoms with Crippen LogP contribution in [0.2, 0.25) is 0 Å². The Morgan fingerprint density at radius 1 is 1.78 bits per heavy atom. The van der Waals surface area contributed by atoms with Crippen molar-refractivity contribution in [2.24, 2.45) is 5.92 Å². The number of carbonyl (C=O) groups excluding carboxylic acids is 1. The van der Waals surface area contributed by atoms with Crippen LogP contribution in [0.25, 0.3) is 0 Å². The highest BCUT2D eigenvalue weighted by atomic mass is 16.3. The summed E-state index contributed by atoms with van der Waals surface area (Å²) < 4.78 is 0. The van der Waals surface area contributed by atoms with E-state index in [1.54, 1.807) is 7.05 Å². The van der Waals surface area contributed by atoms with Gasteiger partial charge in [-0.2, -0.15) is 0 Å². The minimum absolute atomic E-state index is 0.00463. The van der Waals surface area contributed by atoms with Gasteiger partial charge in [-0.25, -0.2) is 0 Å². The molecule has 1 unspecified atom stereocenters. The minimum Gasteiger partial charge on any atom is -0.374 e. The average Bonchev–Trinajstić information content (AvgIpc) is 1.98. The molecule has 2 atom stereocenters. The molecule has 0 radical (unpaired) electrons. The smallest absolute Gasteiger partial charge is 0.227 e. The van der Waals surface area contributed by atoms with Gasteiger partial charge >= 0.3 is 0 Å². The van der Waals surface area contributed by atoms with E-state index in [1.165, 1.54) is 4.90 Å². The number of carbonyl (C=O) groups is 1. The zero-order chi connectivity index (χ0) is 7.02. The normalized spacial score (nSPS) is 35.9. The molecule has 0 aliphatic carbocycles. The Morgan fingerprint density at radius 2 is 2.33 bits per heavy atom. The standard InChI is InChI=1S/C6H11NO2/c1-4-3-5(8)7(2)6(4)9/h4-5,8H,3H2,1-2H3/t4-,5?/m1/s1. The lowest BCUT2D eigenvalue weighted by Crippen LogP contribution is -2.28. The van der Waals surface area contributed by atoms with E-state index in [0.29, 0.717) is 6.42 Å². The van der Waals surface area contributed by atoms with Crippen LogP contribution in [0.1, 0.15) is 13.3 Å². The van der Waals surface area contributed by atoms with E-state index >= 15 is 0 Å². The molecule has 0 aromatic heterocycles. The molecular formula is C6H11NO2. The topological polar surface area (TPSA) is 40.5 Å². The third-order valence-electron chi connectivity index (χ3n) is 1.78. The molecule has 1 heterocycles. The maximum absolute atomic E-state index is 10.9. The second-order valence-corrected chi connectivity index (χ2v) is 2.57. The maximum atomic E-state index is 10.9. The van der Waals surface area contributed by atoms with E-state index in [-0.39, 0.29) is 11.8 Å². The van der Waals surface area contributed by atoms with Gasteiger partial charge in [0.15, 0.2) is 0 Å². The molecule has 1 aliphatic heterocycles. The summed E-state index contributed by atoms with van der Waals surface area (Å²) in [4.78, 5) is 12.3. The monoisotopic (exact) mass is 129 g/mol. The number of aliphatic hydroxyl groups excluding tert-OH is 1. The number of hydrogen-bond acceptors (Lipinski definition) is 2. The quantitative estimate of drug-likeness (QED) is 0.492. The van der Waals surface area contributed by atoms with Gasteiger partial charge in [0.25, 0.3) is 0 Å². The first-order valence-electron chi connectivity index (χ1n) is 3.07. The summed E-state index contributed by atoms with van der Waals surface area (Å²) in [6.07, 6.45) is 0.0301. The lowest BCUT2D eigenvalue weighted by molar-refractivity contribution is -0.133. The van der Waals surface area contributed by atoms with E-state index in [2.05, 4.69) is 0 Å². The number of likely N-dealkylation sites (tertiary alicyclic amines) is 1. The van der Waals surface area contributed by atoms with Crippen molar-refractivity contribution in [1.82, 2.24) is 4.90 Å². The van der Waals surface area contributed by atoms with Crippen LogP contribution in [0, 0.1) is 5.92 Å². The summed E-state index contributed by atoms with van der Waals surface area (Å²) in [5.74, 6) is 0.0486. The highest BCUT2D eigenvalue weighted by Gasteiger charge is 2.32. The highest BCUT2D eigenvalue weighted by molar-refractivity contribution is 5.80. The predicted molar refractivity (Wildman–Crippen MR) is 32.6 cm³/mol. The van der Waals surface area contributed by atoms with Crippen LogP contribution in [0.3, 0.4) is 0 Å². The van der Waals surface area contributed by atoms with Crippen LogP contribution in [0.4, 0.5) is 0 Å². The van der Waals surface area contributed by atoms with E-state index in [4.69, 9.17) is 5.11 Å². The SMILES string of the molecule is C[C@@H]1CC(O)N(C)C1=O. The van der Waals surface area contributed by atoms with Gasteiger partial charge in [-0.1, -0.05) is 6.92 Å². The van der Waals surface area contributed by atoms with Gasteiger partial charge in [-0.05, 0) is 0 Å². The molecule has 1 fully saturated rings.